The van der Waals surface area contributed by atoms with Crippen LogP contribution in [0, 0.1) is 6.92 Å². The number of hydrogen-bond donors (Lipinski definition) is 2. The number of piperazine rings is 1. The summed E-state index contributed by atoms with van der Waals surface area (Å²) < 4.78 is 0. The van der Waals surface area contributed by atoms with Crippen LogP contribution in [0.4, 0.5) is 5.69 Å². The minimum Gasteiger partial charge on any atom is -0.368 e. The van der Waals surface area contributed by atoms with E-state index >= 15 is 0 Å². The number of rotatable bonds is 6. The van der Waals surface area contributed by atoms with Gasteiger partial charge in [-0.05, 0) is 31.5 Å². The fourth-order valence-corrected chi connectivity index (χ4v) is 3.45. The molecular formula is C23H31N5O. The van der Waals surface area contributed by atoms with Gasteiger partial charge in [-0.2, -0.15) is 0 Å². The quantitative estimate of drug-likeness (QED) is 0.584. The van der Waals surface area contributed by atoms with Crippen LogP contribution in [0.15, 0.2) is 59.6 Å². The van der Waals surface area contributed by atoms with E-state index in [-0.39, 0.29) is 12.5 Å². The van der Waals surface area contributed by atoms with Crippen molar-refractivity contribution in [2.75, 3.05) is 44.2 Å². The molecule has 1 amide bonds. The number of anilines is 1. The van der Waals surface area contributed by atoms with E-state index in [0.29, 0.717) is 12.5 Å². The van der Waals surface area contributed by atoms with Gasteiger partial charge in [-0.15, -0.1) is 0 Å². The summed E-state index contributed by atoms with van der Waals surface area (Å²) in [5.41, 5.74) is 3.60. The standard InChI is InChI=1S/C23H31N5O/c1-3-24-23(25-17-20-9-7-8-19(2)16-20)26-18-22(29)28-14-12-27(13-15-28)21-10-5-4-6-11-21/h4-11,16H,3,12-15,17-18H2,1-2H3,(H2,24,25,26). The number of nitrogens with one attached hydrogen (secondary N) is 2. The van der Waals surface area contributed by atoms with E-state index < -0.39 is 0 Å². The van der Waals surface area contributed by atoms with E-state index in [1.54, 1.807) is 0 Å². The third kappa shape index (κ3) is 6.24. The predicted molar refractivity (Wildman–Crippen MR) is 119 cm³/mol. The normalized spacial score (nSPS) is 14.6. The van der Waals surface area contributed by atoms with Gasteiger partial charge in [0.15, 0.2) is 5.96 Å². The van der Waals surface area contributed by atoms with Crippen LogP contribution in [-0.4, -0.2) is 56.0 Å². The largest absolute Gasteiger partial charge is 0.368 e. The number of aliphatic imine (C=N–C) groups is 1. The highest BCUT2D eigenvalue weighted by Gasteiger charge is 2.21. The summed E-state index contributed by atoms with van der Waals surface area (Å²) >= 11 is 0. The van der Waals surface area contributed by atoms with Crippen LogP contribution in [0.25, 0.3) is 0 Å². The molecule has 0 bridgehead atoms. The van der Waals surface area contributed by atoms with Crippen LogP contribution >= 0.6 is 0 Å². The molecule has 1 saturated heterocycles. The first-order valence-electron chi connectivity index (χ1n) is 10.3. The fourth-order valence-electron chi connectivity index (χ4n) is 3.45. The lowest BCUT2D eigenvalue weighted by Crippen LogP contribution is -2.52. The molecule has 0 aromatic heterocycles. The van der Waals surface area contributed by atoms with E-state index in [1.807, 2.05) is 24.0 Å². The highest BCUT2D eigenvalue weighted by Crippen LogP contribution is 2.15. The second-order valence-corrected chi connectivity index (χ2v) is 7.24. The first-order valence-corrected chi connectivity index (χ1v) is 10.3. The summed E-state index contributed by atoms with van der Waals surface area (Å²) in [5, 5.41) is 6.39. The van der Waals surface area contributed by atoms with Gasteiger partial charge in [0.25, 0.3) is 0 Å². The van der Waals surface area contributed by atoms with Gasteiger partial charge in [-0.25, -0.2) is 4.99 Å². The molecule has 0 atom stereocenters. The number of nitrogens with zero attached hydrogens (tertiary/aromatic N) is 3. The van der Waals surface area contributed by atoms with Gasteiger partial charge in [0.2, 0.25) is 5.91 Å². The Morgan fingerprint density at radius 3 is 2.45 bits per heavy atom. The monoisotopic (exact) mass is 393 g/mol. The molecule has 1 aliphatic rings. The first-order chi connectivity index (χ1) is 14.2. The number of benzene rings is 2. The SMILES string of the molecule is CCNC(=NCc1cccc(C)c1)NCC(=O)N1CCN(c2ccccc2)CC1. The lowest BCUT2D eigenvalue weighted by molar-refractivity contribution is -0.130. The second kappa shape index (κ2) is 10.5. The number of carbonyl (C=O) groups is 1. The number of aryl methyl sites for hydroxylation is 1. The molecule has 3 rings (SSSR count). The minimum absolute atomic E-state index is 0.110. The van der Waals surface area contributed by atoms with E-state index in [0.717, 1.165) is 38.3 Å². The molecule has 2 aromatic rings. The molecule has 0 saturated carbocycles. The third-order valence-corrected chi connectivity index (χ3v) is 5.01. The minimum atomic E-state index is 0.110. The molecule has 0 spiro atoms. The van der Waals surface area contributed by atoms with Crippen molar-refractivity contribution in [3.63, 3.8) is 0 Å². The van der Waals surface area contributed by atoms with Gasteiger partial charge in [0, 0.05) is 38.4 Å². The summed E-state index contributed by atoms with van der Waals surface area (Å²) in [6.45, 7) is 8.89. The summed E-state index contributed by atoms with van der Waals surface area (Å²) in [6, 6.07) is 18.7. The third-order valence-electron chi connectivity index (χ3n) is 5.01. The zero-order valence-corrected chi connectivity index (χ0v) is 17.4. The van der Waals surface area contributed by atoms with Crippen molar-refractivity contribution in [3.05, 3.63) is 65.7 Å². The lowest BCUT2D eigenvalue weighted by atomic mass is 10.1. The van der Waals surface area contributed by atoms with Crippen LogP contribution in [0.3, 0.4) is 0 Å². The first kappa shape index (κ1) is 20.7. The van der Waals surface area contributed by atoms with Gasteiger partial charge < -0.3 is 20.4 Å². The fraction of sp³-hybridized carbons (Fsp3) is 0.391. The molecular weight excluding hydrogens is 362 g/mol. The number of amides is 1. The molecule has 6 heteroatoms. The number of hydrogen-bond acceptors (Lipinski definition) is 3. The summed E-state index contributed by atoms with van der Waals surface area (Å²) in [5.74, 6) is 0.782. The zero-order chi connectivity index (χ0) is 20.5. The molecule has 0 unspecified atom stereocenters. The van der Waals surface area contributed by atoms with Crippen molar-refractivity contribution in [3.8, 4) is 0 Å². The second-order valence-electron chi connectivity index (χ2n) is 7.24. The molecule has 2 aromatic carbocycles. The Labute approximate surface area is 173 Å². The van der Waals surface area contributed by atoms with Gasteiger partial charge in [0.1, 0.15) is 0 Å². The summed E-state index contributed by atoms with van der Waals surface area (Å²) in [6.07, 6.45) is 0. The summed E-state index contributed by atoms with van der Waals surface area (Å²) in [4.78, 5) is 21.5. The van der Waals surface area contributed by atoms with Gasteiger partial charge in [0.05, 0.1) is 13.1 Å². The maximum Gasteiger partial charge on any atom is 0.242 e. The molecule has 1 heterocycles. The van der Waals surface area contributed by atoms with E-state index in [9.17, 15) is 4.79 Å². The van der Waals surface area contributed by atoms with Crippen molar-refractivity contribution < 1.29 is 4.79 Å². The molecule has 29 heavy (non-hydrogen) atoms. The topological polar surface area (TPSA) is 60.0 Å². The molecule has 0 radical (unpaired) electrons. The Balaban J connectivity index is 1.48. The molecule has 1 fully saturated rings. The molecule has 2 N–H and O–H groups in total. The average molecular weight is 394 g/mol. The van der Waals surface area contributed by atoms with Crippen molar-refractivity contribution in [2.24, 2.45) is 4.99 Å². The Morgan fingerprint density at radius 1 is 1.00 bits per heavy atom. The Hall–Kier alpha value is -3.02. The Morgan fingerprint density at radius 2 is 1.76 bits per heavy atom. The lowest BCUT2D eigenvalue weighted by Gasteiger charge is -2.36. The summed E-state index contributed by atoms with van der Waals surface area (Å²) in [7, 11) is 0. The van der Waals surface area contributed by atoms with E-state index in [1.165, 1.54) is 11.3 Å². The average Bonchev–Trinajstić information content (AvgIpc) is 2.76. The smallest absolute Gasteiger partial charge is 0.242 e. The maximum absolute atomic E-state index is 12.6. The van der Waals surface area contributed by atoms with Gasteiger partial charge in [-0.3, -0.25) is 4.79 Å². The van der Waals surface area contributed by atoms with Crippen LogP contribution in [0.2, 0.25) is 0 Å². The van der Waals surface area contributed by atoms with E-state index in [2.05, 4.69) is 69.9 Å². The number of guanidine groups is 1. The molecule has 1 aliphatic heterocycles. The Bertz CT molecular complexity index is 813. The van der Waals surface area contributed by atoms with Crippen LogP contribution in [0.5, 0.6) is 0 Å². The zero-order valence-electron chi connectivity index (χ0n) is 17.4. The molecule has 0 aliphatic carbocycles. The number of carbonyl (C=O) groups excluding carboxylic acids is 1. The van der Waals surface area contributed by atoms with Crippen LogP contribution < -0.4 is 15.5 Å². The molecule has 154 valence electrons. The highest BCUT2D eigenvalue weighted by molar-refractivity contribution is 5.86. The van der Waals surface area contributed by atoms with Crippen molar-refractivity contribution in [2.45, 2.75) is 20.4 Å². The van der Waals surface area contributed by atoms with Crippen molar-refractivity contribution >= 4 is 17.6 Å². The predicted octanol–water partition coefficient (Wildman–Crippen LogP) is 2.40. The van der Waals surface area contributed by atoms with Crippen molar-refractivity contribution in [1.82, 2.24) is 15.5 Å². The molecule has 6 nitrogen and oxygen atoms in total. The van der Waals surface area contributed by atoms with Gasteiger partial charge >= 0.3 is 0 Å². The van der Waals surface area contributed by atoms with Crippen LogP contribution in [-0.2, 0) is 11.3 Å². The Kier molecular flexibility index (Phi) is 7.50. The maximum atomic E-state index is 12.6. The highest BCUT2D eigenvalue weighted by atomic mass is 16.2. The van der Waals surface area contributed by atoms with Crippen molar-refractivity contribution in [1.29, 1.82) is 0 Å². The van der Waals surface area contributed by atoms with Crippen LogP contribution in [0.1, 0.15) is 18.1 Å². The van der Waals surface area contributed by atoms with E-state index in [4.69, 9.17) is 0 Å². The van der Waals surface area contributed by atoms with Gasteiger partial charge in [-0.1, -0.05) is 48.0 Å². The number of para-hydroxylation sites is 1.